The van der Waals surface area contributed by atoms with E-state index in [1.54, 1.807) is 24.3 Å². The highest BCUT2D eigenvalue weighted by Gasteiger charge is 2.05. The molecule has 0 aliphatic carbocycles. The predicted molar refractivity (Wildman–Crippen MR) is 62.0 cm³/mol. The molecule has 1 aromatic carbocycles. The van der Waals surface area contributed by atoms with Gasteiger partial charge in [0.05, 0.1) is 0 Å². The second-order valence-corrected chi connectivity index (χ2v) is 3.71. The monoisotopic (exact) mass is 240 g/mol. The maximum Gasteiger partial charge on any atom is 0.308 e. The molecule has 0 amide bonds. The van der Waals surface area contributed by atoms with Crippen molar-refractivity contribution in [3.05, 3.63) is 29.8 Å². The third-order valence-corrected chi connectivity index (χ3v) is 2.24. The molecule has 0 aliphatic rings. The first-order valence-corrected chi connectivity index (χ1v) is 5.54. The SMILES string of the molecule is CC(=O)Oc1ccc(C(=O)CCCCl)cc1. The molecule has 0 atom stereocenters. The predicted octanol–water partition coefficient (Wildman–Crippen LogP) is 2.81. The van der Waals surface area contributed by atoms with E-state index in [-0.39, 0.29) is 11.8 Å². The number of carbonyl (C=O) groups excluding carboxylic acids is 2. The number of Topliss-reactive ketones (excluding diaryl/α,β-unsaturated/α-hetero) is 1. The molecule has 0 aliphatic heterocycles. The van der Waals surface area contributed by atoms with Crippen molar-refractivity contribution in [1.29, 1.82) is 0 Å². The van der Waals surface area contributed by atoms with Gasteiger partial charge in [0.1, 0.15) is 5.75 Å². The third-order valence-electron chi connectivity index (χ3n) is 1.98. The van der Waals surface area contributed by atoms with Gasteiger partial charge in [0.25, 0.3) is 0 Å². The molecule has 0 radical (unpaired) electrons. The van der Waals surface area contributed by atoms with Gasteiger partial charge in [-0.05, 0) is 30.7 Å². The van der Waals surface area contributed by atoms with Crippen molar-refractivity contribution in [2.45, 2.75) is 19.8 Å². The van der Waals surface area contributed by atoms with Crippen LogP contribution < -0.4 is 4.74 Å². The molecule has 0 bridgehead atoms. The van der Waals surface area contributed by atoms with Crippen LogP contribution >= 0.6 is 11.6 Å². The summed E-state index contributed by atoms with van der Waals surface area (Å²) in [5.41, 5.74) is 0.612. The molecule has 1 rings (SSSR count). The molecule has 0 fully saturated rings. The van der Waals surface area contributed by atoms with E-state index in [9.17, 15) is 9.59 Å². The summed E-state index contributed by atoms with van der Waals surface area (Å²) < 4.78 is 4.86. The van der Waals surface area contributed by atoms with Crippen LogP contribution in [0.4, 0.5) is 0 Å². The van der Waals surface area contributed by atoms with Crippen LogP contribution in [0.5, 0.6) is 5.75 Å². The fourth-order valence-corrected chi connectivity index (χ4v) is 1.38. The van der Waals surface area contributed by atoms with Gasteiger partial charge in [-0.3, -0.25) is 9.59 Å². The van der Waals surface area contributed by atoms with E-state index in [0.29, 0.717) is 30.0 Å². The van der Waals surface area contributed by atoms with Crippen molar-refractivity contribution in [3.8, 4) is 5.75 Å². The molecular weight excluding hydrogens is 228 g/mol. The Balaban J connectivity index is 2.63. The fraction of sp³-hybridized carbons (Fsp3) is 0.333. The van der Waals surface area contributed by atoms with Gasteiger partial charge in [0.15, 0.2) is 5.78 Å². The second kappa shape index (κ2) is 6.28. The van der Waals surface area contributed by atoms with Crippen molar-refractivity contribution in [1.82, 2.24) is 0 Å². The number of esters is 1. The van der Waals surface area contributed by atoms with Gasteiger partial charge >= 0.3 is 5.97 Å². The van der Waals surface area contributed by atoms with E-state index >= 15 is 0 Å². The zero-order valence-electron chi connectivity index (χ0n) is 9.03. The van der Waals surface area contributed by atoms with Gasteiger partial charge in [0, 0.05) is 24.8 Å². The number of hydrogen-bond donors (Lipinski definition) is 0. The Hall–Kier alpha value is -1.35. The van der Waals surface area contributed by atoms with Crippen LogP contribution in [0.3, 0.4) is 0 Å². The summed E-state index contributed by atoms with van der Waals surface area (Å²) in [4.78, 5) is 22.2. The number of halogens is 1. The number of alkyl halides is 1. The van der Waals surface area contributed by atoms with E-state index in [2.05, 4.69) is 0 Å². The molecule has 0 unspecified atom stereocenters. The Morgan fingerprint density at radius 1 is 1.25 bits per heavy atom. The van der Waals surface area contributed by atoms with Gasteiger partial charge < -0.3 is 4.74 Å². The summed E-state index contributed by atoms with van der Waals surface area (Å²) in [6.07, 6.45) is 1.11. The third kappa shape index (κ3) is 4.03. The molecule has 0 aromatic heterocycles. The summed E-state index contributed by atoms with van der Waals surface area (Å²) in [5, 5.41) is 0. The lowest BCUT2D eigenvalue weighted by Gasteiger charge is -2.02. The van der Waals surface area contributed by atoms with Crippen LogP contribution in [0.15, 0.2) is 24.3 Å². The van der Waals surface area contributed by atoms with E-state index < -0.39 is 0 Å². The van der Waals surface area contributed by atoms with Crippen LogP contribution in [0.25, 0.3) is 0 Å². The molecule has 0 N–H and O–H groups in total. The van der Waals surface area contributed by atoms with Crippen molar-refractivity contribution in [3.63, 3.8) is 0 Å². The molecule has 3 nitrogen and oxygen atoms in total. The van der Waals surface area contributed by atoms with Crippen molar-refractivity contribution >= 4 is 23.4 Å². The standard InChI is InChI=1S/C12H13ClO3/c1-9(14)16-11-6-4-10(5-7-11)12(15)3-2-8-13/h4-7H,2-3,8H2,1H3. The van der Waals surface area contributed by atoms with Crippen molar-refractivity contribution < 1.29 is 14.3 Å². The van der Waals surface area contributed by atoms with Crippen LogP contribution in [-0.2, 0) is 4.79 Å². The number of ketones is 1. The Kier molecular flexibility index (Phi) is 4.99. The first-order chi connectivity index (χ1) is 7.63. The highest BCUT2D eigenvalue weighted by atomic mass is 35.5. The lowest BCUT2D eigenvalue weighted by molar-refractivity contribution is -0.131. The average Bonchev–Trinajstić information content (AvgIpc) is 2.26. The summed E-state index contributed by atoms with van der Waals surface area (Å²) >= 11 is 5.51. The fourth-order valence-electron chi connectivity index (χ4n) is 1.25. The van der Waals surface area contributed by atoms with Gasteiger partial charge in [-0.1, -0.05) is 0 Å². The minimum atomic E-state index is -0.374. The highest BCUT2D eigenvalue weighted by molar-refractivity contribution is 6.18. The molecular formula is C12H13ClO3. The Bertz CT molecular complexity index is 370. The lowest BCUT2D eigenvalue weighted by atomic mass is 10.1. The molecule has 0 saturated heterocycles. The minimum Gasteiger partial charge on any atom is -0.427 e. The number of rotatable bonds is 5. The molecule has 4 heteroatoms. The van der Waals surface area contributed by atoms with E-state index in [4.69, 9.17) is 16.3 Å². The average molecular weight is 241 g/mol. The number of carbonyl (C=O) groups is 2. The summed E-state index contributed by atoms with van der Waals surface area (Å²) in [5.74, 6) is 0.606. The van der Waals surface area contributed by atoms with Crippen molar-refractivity contribution in [2.24, 2.45) is 0 Å². The van der Waals surface area contributed by atoms with Crippen LogP contribution in [-0.4, -0.2) is 17.6 Å². The number of hydrogen-bond acceptors (Lipinski definition) is 3. The molecule has 86 valence electrons. The van der Waals surface area contributed by atoms with Gasteiger partial charge in [-0.25, -0.2) is 0 Å². The summed E-state index contributed by atoms with van der Waals surface area (Å²) in [6.45, 7) is 1.33. The van der Waals surface area contributed by atoms with Gasteiger partial charge in [-0.15, -0.1) is 11.6 Å². The molecule has 0 spiro atoms. The minimum absolute atomic E-state index is 0.0509. The number of benzene rings is 1. The van der Waals surface area contributed by atoms with E-state index in [1.807, 2.05) is 0 Å². The van der Waals surface area contributed by atoms with Crippen LogP contribution in [0.2, 0.25) is 0 Å². The molecule has 0 heterocycles. The second-order valence-electron chi connectivity index (χ2n) is 3.33. The first-order valence-electron chi connectivity index (χ1n) is 5.01. The summed E-state index contributed by atoms with van der Waals surface area (Å²) in [6, 6.07) is 6.51. The summed E-state index contributed by atoms with van der Waals surface area (Å²) in [7, 11) is 0. The first kappa shape index (κ1) is 12.7. The largest absolute Gasteiger partial charge is 0.427 e. The Morgan fingerprint density at radius 2 is 1.88 bits per heavy atom. The highest BCUT2D eigenvalue weighted by Crippen LogP contribution is 2.14. The topological polar surface area (TPSA) is 43.4 Å². The normalized spacial score (nSPS) is 9.88. The zero-order chi connectivity index (χ0) is 12.0. The van der Waals surface area contributed by atoms with Crippen LogP contribution in [0, 0.1) is 0 Å². The quantitative estimate of drug-likeness (QED) is 0.344. The lowest BCUT2D eigenvalue weighted by Crippen LogP contribution is -2.02. The Morgan fingerprint density at radius 3 is 2.38 bits per heavy atom. The van der Waals surface area contributed by atoms with Crippen molar-refractivity contribution in [2.75, 3.05) is 5.88 Å². The zero-order valence-corrected chi connectivity index (χ0v) is 9.79. The van der Waals surface area contributed by atoms with E-state index in [1.165, 1.54) is 6.92 Å². The van der Waals surface area contributed by atoms with E-state index in [0.717, 1.165) is 0 Å². The smallest absolute Gasteiger partial charge is 0.308 e. The van der Waals surface area contributed by atoms with Crippen LogP contribution in [0.1, 0.15) is 30.1 Å². The maximum atomic E-state index is 11.6. The Labute approximate surface area is 99.4 Å². The maximum absolute atomic E-state index is 11.6. The number of ether oxygens (including phenoxy) is 1. The molecule has 0 saturated carbocycles. The van der Waals surface area contributed by atoms with Gasteiger partial charge in [-0.2, -0.15) is 0 Å². The molecule has 1 aromatic rings. The van der Waals surface area contributed by atoms with Gasteiger partial charge in [0.2, 0.25) is 0 Å². The molecule has 16 heavy (non-hydrogen) atoms.